The zero-order chi connectivity index (χ0) is 33.2. The van der Waals surface area contributed by atoms with Gasteiger partial charge >= 0.3 is 11.9 Å². The maximum absolute atomic E-state index is 13.3. The van der Waals surface area contributed by atoms with E-state index in [1.807, 2.05) is 27.7 Å². The number of hydrogen-bond donors (Lipinski definition) is 3. The van der Waals surface area contributed by atoms with Gasteiger partial charge in [0, 0.05) is 22.0 Å². The van der Waals surface area contributed by atoms with Gasteiger partial charge in [-0.05, 0) is 50.2 Å². The highest BCUT2D eigenvalue weighted by atomic mass is 32.2. The lowest BCUT2D eigenvalue weighted by molar-refractivity contribution is -0.150. The number of rotatable bonds is 23. The molecule has 43 heavy (non-hydrogen) atoms. The molecule has 0 aromatic heterocycles. The van der Waals surface area contributed by atoms with Gasteiger partial charge in [0.25, 0.3) is 0 Å². The lowest BCUT2D eigenvalue weighted by Gasteiger charge is -2.43. The van der Waals surface area contributed by atoms with Crippen LogP contribution in [0.15, 0.2) is 27.4 Å². The third-order valence-corrected chi connectivity index (χ3v) is 9.93. The number of ether oxygens (including phenoxy) is 2. The maximum atomic E-state index is 13.3. The predicted molar refractivity (Wildman–Crippen MR) is 168 cm³/mol. The Balaban J connectivity index is 5.49. The molecule has 0 bridgehead atoms. The van der Waals surface area contributed by atoms with Crippen LogP contribution in [0.5, 0.6) is 0 Å². The van der Waals surface area contributed by atoms with Gasteiger partial charge in [-0.2, -0.15) is 17.3 Å². The Morgan fingerprint density at radius 3 is 2.26 bits per heavy atom. The van der Waals surface area contributed by atoms with Crippen molar-refractivity contribution in [1.29, 1.82) is 5.53 Å². The smallest absolute Gasteiger partial charge is 0.333 e. The van der Waals surface area contributed by atoms with Gasteiger partial charge in [-0.15, -0.1) is 0 Å². The minimum absolute atomic E-state index is 0.0313. The quantitative estimate of drug-likeness (QED) is 0.0360. The topological polar surface area (TPSA) is 180 Å². The summed E-state index contributed by atoms with van der Waals surface area (Å²) in [5.41, 5.74) is 9.42. The Kier molecular flexibility index (Phi) is 18.8. The number of hydrogen-bond acceptors (Lipinski definition) is 12. The first-order chi connectivity index (χ1) is 20.1. The van der Waals surface area contributed by atoms with Crippen molar-refractivity contribution >= 4 is 42.4 Å². The van der Waals surface area contributed by atoms with Crippen LogP contribution in [0.1, 0.15) is 80.6 Å². The van der Waals surface area contributed by atoms with Crippen LogP contribution >= 0.6 is 11.8 Å². The zero-order valence-electron chi connectivity index (χ0n) is 26.8. The van der Waals surface area contributed by atoms with Gasteiger partial charge in [0.1, 0.15) is 19.3 Å². The summed E-state index contributed by atoms with van der Waals surface area (Å²) in [4.78, 5) is 55.7. The molecule has 0 spiro atoms. The van der Waals surface area contributed by atoms with E-state index in [9.17, 15) is 24.3 Å². The molecule has 13 heteroatoms. The highest BCUT2D eigenvalue weighted by Crippen LogP contribution is 2.46. The fourth-order valence-corrected chi connectivity index (χ4v) is 6.02. The molecule has 0 saturated carbocycles. The van der Waals surface area contributed by atoms with Crippen molar-refractivity contribution in [3.05, 3.63) is 12.2 Å². The minimum atomic E-state index is -1.14. The summed E-state index contributed by atoms with van der Waals surface area (Å²) >= 11 is 1.56. The van der Waals surface area contributed by atoms with Gasteiger partial charge < -0.3 is 14.6 Å². The van der Waals surface area contributed by atoms with E-state index in [1.165, 1.54) is 6.92 Å². The summed E-state index contributed by atoms with van der Waals surface area (Å²) in [6.07, 6.45) is 3.10. The maximum Gasteiger partial charge on any atom is 0.333 e. The van der Waals surface area contributed by atoms with E-state index in [0.717, 1.165) is 6.42 Å². The highest BCUT2D eigenvalue weighted by molar-refractivity contribution is 8.00. The number of aliphatic imine (C=N–C) groups is 2. The molecule has 0 fully saturated rings. The summed E-state index contributed by atoms with van der Waals surface area (Å²) in [5, 5.41) is 13.1. The summed E-state index contributed by atoms with van der Waals surface area (Å²) in [5.74, 6) is -1.70. The van der Waals surface area contributed by atoms with Crippen LogP contribution in [0.3, 0.4) is 0 Å². The fraction of sp³-hybridized carbons (Fsp3) is 0.767. The second-order valence-corrected chi connectivity index (χ2v) is 13.4. The first kappa shape index (κ1) is 40.1. The fourth-order valence-electron chi connectivity index (χ4n) is 4.75. The molecule has 0 aliphatic heterocycles. The Bertz CT molecular complexity index is 1010. The third-order valence-electron chi connectivity index (χ3n) is 8.37. The molecular weight excluding hydrogens is 574 g/mol. The van der Waals surface area contributed by atoms with E-state index in [4.69, 9.17) is 15.0 Å². The van der Waals surface area contributed by atoms with Crippen molar-refractivity contribution in [1.82, 2.24) is 5.43 Å². The number of nitrogens with zero attached hydrogens (tertiary/aromatic N) is 3. The monoisotopic (exact) mass is 625 g/mol. The van der Waals surface area contributed by atoms with Crippen LogP contribution in [0.25, 0.3) is 0 Å². The van der Waals surface area contributed by atoms with Crippen molar-refractivity contribution in [2.45, 2.75) is 97.5 Å². The van der Waals surface area contributed by atoms with E-state index < -0.39 is 24.0 Å². The average Bonchev–Trinajstić information content (AvgIpc) is 2.98. The number of thioether (sulfide) groups is 1. The first-order valence-electron chi connectivity index (χ1n) is 14.6. The van der Waals surface area contributed by atoms with Gasteiger partial charge in [-0.1, -0.05) is 59.8 Å². The summed E-state index contributed by atoms with van der Waals surface area (Å²) in [6.45, 7) is 20.6. The summed E-state index contributed by atoms with van der Waals surface area (Å²) in [6, 6.07) is -0.177. The van der Waals surface area contributed by atoms with Crippen LogP contribution in [-0.2, 0) is 28.7 Å². The summed E-state index contributed by atoms with van der Waals surface area (Å²) in [7, 11) is 0. The minimum Gasteiger partial charge on any atom is -0.463 e. The SMILES string of the molecule is C=NC(CC(C)(CC)C(C)C(C[C@](C)(CC)SCCC(=O)OCC(O)COC(=O)C(=C)C)C(=O)NN=N)[C@@H](C)CN=C=O. The number of amides is 1. The Morgan fingerprint density at radius 1 is 1.12 bits per heavy atom. The number of carbonyl (C=O) groups excluding carboxylic acids is 4. The van der Waals surface area contributed by atoms with Crippen LogP contribution in [0.2, 0.25) is 0 Å². The van der Waals surface area contributed by atoms with E-state index >= 15 is 0 Å². The molecule has 244 valence electrons. The van der Waals surface area contributed by atoms with Gasteiger partial charge in [-0.3, -0.25) is 14.6 Å². The first-order valence-corrected chi connectivity index (χ1v) is 15.6. The van der Waals surface area contributed by atoms with Gasteiger partial charge in [0.05, 0.1) is 19.0 Å². The van der Waals surface area contributed by atoms with Crippen molar-refractivity contribution in [3.8, 4) is 0 Å². The third kappa shape index (κ3) is 14.4. The van der Waals surface area contributed by atoms with Gasteiger partial charge in [0.2, 0.25) is 12.0 Å². The summed E-state index contributed by atoms with van der Waals surface area (Å²) < 4.78 is 9.60. The average molecular weight is 626 g/mol. The second-order valence-electron chi connectivity index (χ2n) is 11.7. The number of isocyanates is 1. The Labute approximate surface area is 260 Å². The number of esters is 2. The van der Waals surface area contributed by atoms with Crippen molar-refractivity contribution in [2.75, 3.05) is 25.5 Å². The molecule has 0 aromatic carbocycles. The predicted octanol–water partition coefficient (Wildman–Crippen LogP) is 4.85. The largest absolute Gasteiger partial charge is 0.463 e. The van der Waals surface area contributed by atoms with E-state index in [0.29, 0.717) is 25.0 Å². The Hall–Kier alpha value is -2.89. The molecule has 0 radical (unpaired) electrons. The molecule has 0 heterocycles. The van der Waals surface area contributed by atoms with E-state index in [-0.39, 0.29) is 65.7 Å². The number of nitrogens with one attached hydrogen (secondary N) is 2. The molecule has 1 amide bonds. The van der Waals surface area contributed by atoms with Crippen molar-refractivity contribution in [3.63, 3.8) is 0 Å². The normalized spacial score (nSPS) is 17.3. The molecule has 0 saturated heterocycles. The molecular formula is C30H51N5O7S. The zero-order valence-corrected chi connectivity index (χ0v) is 27.6. The number of aliphatic hydroxyl groups excluding tert-OH is 1. The van der Waals surface area contributed by atoms with E-state index in [2.05, 4.69) is 47.8 Å². The second kappa shape index (κ2) is 20.1. The van der Waals surface area contributed by atoms with Gasteiger partial charge in [0.15, 0.2) is 0 Å². The Morgan fingerprint density at radius 2 is 1.74 bits per heavy atom. The highest BCUT2D eigenvalue weighted by Gasteiger charge is 2.43. The molecule has 3 N–H and O–H groups in total. The van der Waals surface area contributed by atoms with Crippen LogP contribution in [0.4, 0.5) is 0 Å². The molecule has 0 rings (SSSR count). The van der Waals surface area contributed by atoms with Crippen LogP contribution in [-0.4, -0.2) is 78.2 Å². The molecule has 0 aliphatic rings. The van der Waals surface area contributed by atoms with Crippen molar-refractivity contribution in [2.24, 2.45) is 38.4 Å². The lowest BCUT2D eigenvalue weighted by atomic mass is 9.64. The molecule has 7 atom stereocenters. The molecule has 0 aromatic rings. The number of carbonyl (C=O) groups is 3. The van der Waals surface area contributed by atoms with Crippen LogP contribution < -0.4 is 5.43 Å². The standard InChI is InChI=1S/C30H51N5O7S/c1-10-29(7,15-25(32-9)21(5)16-33-19-36)22(6)24(27(39)34-35-31)14-30(8,11-2)43-13-12-26(38)41-17-23(37)18-42-28(40)20(3)4/h21-25,37H,3,9-18H2,1-2,4-8H3,(H2,31,34,39)/t21-,22?,23?,24?,25?,29?,30-/m0/s1. The van der Waals surface area contributed by atoms with Crippen molar-refractivity contribution < 1.29 is 33.8 Å². The molecule has 5 unspecified atom stereocenters. The van der Waals surface area contributed by atoms with Crippen LogP contribution in [0, 0.1) is 28.7 Å². The molecule has 0 aliphatic carbocycles. The molecule has 12 nitrogen and oxygen atoms in total. The van der Waals surface area contributed by atoms with Gasteiger partial charge in [-0.25, -0.2) is 20.0 Å². The lowest BCUT2D eigenvalue weighted by Crippen LogP contribution is -2.43. The number of aliphatic hydroxyl groups is 1. The van der Waals surface area contributed by atoms with E-state index in [1.54, 1.807) is 17.8 Å².